The number of rotatable bonds is 5. The summed E-state index contributed by atoms with van der Waals surface area (Å²) < 4.78 is 18.8. The molecule has 128 valence electrons. The highest BCUT2D eigenvalue weighted by atomic mass is 32.2. The van der Waals surface area contributed by atoms with Gasteiger partial charge in [-0.2, -0.15) is 0 Å². The van der Waals surface area contributed by atoms with Gasteiger partial charge in [-0.3, -0.25) is 4.79 Å². The van der Waals surface area contributed by atoms with E-state index >= 15 is 0 Å². The minimum absolute atomic E-state index is 0.108. The lowest BCUT2D eigenvalue weighted by Gasteiger charge is -2.35. The molecule has 2 aromatic rings. The zero-order valence-corrected chi connectivity index (χ0v) is 14.4. The summed E-state index contributed by atoms with van der Waals surface area (Å²) in [6, 6.07) is 6.34. The van der Waals surface area contributed by atoms with Crippen molar-refractivity contribution in [3.8, 4) is 11.5 Å². The van der Waals surface area contributed by atoms with Gasteiger partial charge in [0.05, 0.1) is 5.75 Å². The van der Waals surface area contributed by atoms with Crippen molar-refractivity contribution < 1.29 is 13.6 Å². The van der Waals surface area contributed by atoms with E-state index in [9.17, 15) is 9.18 Å². The average molecular weight is 349 g/mol. The van der Waals surface area contributed by atoms with Gasteiger partial charge in [-0.1, -0.05) is 24.8 Å². The summed E-state index contributed by atoms with van der Waals surface area (Å²) in [6.07, 6.45) is 4.32. The van der Waals surface area contributed by atoms with Gasteiger partial charge in [-0.25, -0.2) is 4.39 Å². The van der Waals surface area contributed by atoms with Crippen LogP contribution in [0.5, 0.6) is 0 Å². The Bertz CT molecular complexity index is 707. The zero-order chi connectivity index (χ0) is 16.9. The average Bonchev–Trinajstić information content (AvgIpc) is 3.08. The van der Waals surface area contributed by atoms with Gasteiger partial charge < -0.3 is 9.32 Å². The molecule has 1 aliphatic rings. The number of carbonyl (C=O) groups is 1. The lowest BCUT2D eigenvalue weighted by atomic mass is 10.0. The zero-order valence-electron chi connectivity index (χ0n) is 13.6. The minimum atomic E-state index is -0.356. The highest BCUT2D eigenvalue weighted by Gasteiger charge is 2.25. The van der Waals surface area contributed by atoms with Crippen molar-refractivity contribution in [2.75, 3.05) is 12.3 Å². The van der Waals surface area contributed by atoms with E-state index in [1.54, 1.807) is 12.1 Å². The number of halogens is 1. The molecule has 0 aliphatic carbocycles. The molecule has 0 radical (unpaired) electrons. The molecule has 1 amide bonds. The largest absolute Gasteiger partial charge is 0.411 e. The van der Waals surface area contributed by atoms with Gasteiger partial charge in [0.25, 0.3) is 5.22 Å². The highest BCUT2D eigenvalue weighted by Crippen LogP contribution is 2.25. The van der Waals surface area contributed by atoms with Crippen molar-refractivity contribution >= 4 is 17.7 Å². The van der Waals surface area contributed by atoms with E-state index in [0.29, 0.717) is 16.8 Å². The molecule has 0 saturated carbocycles. The van der Waals surface area contributed by atoms with Crippen molar-refractivity contribution in [1.82, 2.24) is 15.1 Å². The topological polar surface area (TPSA) is 59.2 Å². The number of likely N-dealkylation sites (tertiary alicyclic amines) is 1. The normalized spacial score (nSPS) is 17.9. The van der Waals surface area contributed by atoms with Crippen LogP contribution in [-0.2, 0) is 4.79 Å². The molecule has 0 unspecified atom stereocenters. The monoisotopic (exact) mass is 349 g/mol. The summed E-state index contributed by atoms with van der Waals surface area (Å²) in [4.78, 5) is 14.4. The van der Waals surface area contributed by atoms with Gasteiger partial charge in [0.15, 0.2) is 0 Å². The first kappa shape index (κ1) is 17.0. The maximum atomic E-state index is 13.2. The van der Waals surface area contributed by atoms with Crippen LogP contribution in [0.15, 0.2) is 33.9 Å². The fourth-order valence-electron chi connectivity index (χ4n) is 2.97. The van der Waals surface area contributed by atoms with Crippen molar-refractivity contribution in [2.45, 2.75) is 43.9 Å². The second-order valence-electron chi connectivity index (χ2n) is 5.82. The van der Waals surface area contributed by atoms with Crippen molar-refractivity contribution in [1.29, 1.82) is 0 Å². The van der Waals surface area contributed by atoms with Crippen LogP contribution in [0.2, 0.25) is 0 Å². The number of carbonyl (C=O) groups excluding carboxylic acids is 1. The second kappa shape index (κ2) is 7.79. The molecule has 1 saturated heterocycles. The predicted molar refractivity (Wildman–Crippen MR) is 90.1 cm³/mol. The van der Waals surface area contributed by atoms with Gasteiger partial charge in [-0.05, 0) is 43.9 Å². The standard InChI is InChI=1S/C17H20FN3O2S/c1-2-14-8-3-4-9-21(14)15(22)11-24-17-20-19-16(23-17)12-6-5-7-13(18)10-12/h5-7,10,14H,2-4,8-9,11H2,1H3/t14-/m1/s1. The molecular formula is C17H20FN3O2S. The van der Waals surface area contributed by atoms with Crippen LogP contribution in [-0.4, -0.2) is 39.3 Å². The number of benzene rings is 1. The third kappa shape index (κ3) is 3.95. The maximum absolute atomic E-state index is 13.2. The Labute approximate surface area is 144 Å². The lowest BCUT2D eigenvalue weighted by Crippen LogP contribution is -2.44. The van der Waals surface area contributed by atoms with Gasteiger partial charge in [0.1, 0.15) is 5.82 Å². The van der Waals surface area contributed by atoms with E-state index in [0.717, 1.165) is 25.8 Å². The molecule has 7 heteroatoms. The van der Waals surface area contributed by atoms with E-state index in [-0.39, 0.29) is 23.4 Å². The number of amides is 1. The molecule has 1 atom stereocenters. The Morgan fingerprint density at radius 2 is 2.29 bits per heavy atom. The first-order valence-electron chi connectivity index (χ1n) is 8.19. The summed E-state index contributed by atoms with van der Waals surface area (Å²) in [5.74, 6) is 0.290. The molecule has 1 aliphatic heterocycles. The Balaban J connectivity index is 1.60. The molecule has 0 bridgehead atoms. The number of thioether (sulfide) groups is 1. The third-order valence-corrected chi connectivity index (χ3v) is 5.02. The van der Waals surface area contributed by atoms with Crippen molar-refractivity contribution in [3.05, 3.63) is 30.1 Å². The molecular weight excluding hydrogens is 329 g/mol. The smallest absolute Gasteiger partial charge is 0.277 e. The molecule has 3 rings (SSSR count). The predicted octanol–water partition coefficient (Wildman–Crippen LogP) is 3.76. The number of hydrogen-bond donors (Lipinski definition) is 0. The van der Waals surface area contributed by atoms with E-state index < -0.39 is 0 Å². The number of hydrogen-bond acceptors (Lipinski definition) is 5. The first-order chi connectivity index (χ1) is 11.7. The quantitative estimate of drug-likeness (QED) is 0.769. The molecule has 1 aromatic carbocycles. The number of piperidine rings is 1. The van der Waals surface area contributed by atoms with Crippen molar-refractivity contribution in [2.24, 2.45) is 0 Å². The van der Waals surface area contributed by atoms with Gasteiger partial charge in [-0.15, -0.1) is 10.2 Å². The van der Waals surface area contributed by atoms with E-state index in [1.165, 1.54) is 30.3 Å². The minimum Gasteiger partial charge on any atom is -0.411 e. The van der Waals surface area contributed by atoms with Gasteiger partial charge in [0, 0.05) is 18.2 Å². The highest BCUT2D eigenvalue weighted by molar-refractivity contribution is 7.99. The molecule has 0 N–H and O–H groups in total. The Kier molecular flexibility index (Phi) is 5.50. The van der Waals surface area contributed by atoms with Gasteiger partial charge >= 0.3 is 0 Å². The fourth-order valence-corrected chi connectivity index (χ4v) is 3.62. The molecule has 0 spiro atoms. The van der Waals surface area contributed by atoms with Crippen LogP contribution in [0.1, 0.15) is 32.6 Å². The molecule has 5 nitrogen and oxygen atoms in total. The van der Waals surface area contributed by atoms with Crippen molar-refractivity contribution in [3.63, 3.8) is 0 Å². The maximum Gasteiger partial charge on any atom is 0.277 e. The Hall–Kier alpha value is -1.89. The van der Waals surface area contributed by atoms with Crippen LogP contribution in [0.4, 0.5) is 4.39 Å². The second-order valence-corrected chi connectivity index (χ2v) is 6.74. The summed E-state index contributed by atoms with van der Waals surface area (Å²) >= 11 is 1.23. The third-order valence-electron chi connectivity index (χ3n) is 4.22. The number of nitrogens with zero attached hydrogens (tertiary/aromatic N) is 3. The van der Waals surface area contributed by atoms with Gasteiger partial charge in [0.2, 0.25) is 11.8 Å². The van der Waals surface area contributed by atoms with Crippen LogP contribution >= 0.6 is 11.8 Å². The summed E-state index contributed by atoms with van der Waals surface area (Å²) in [7, 11) is 0. The summed E-state index contributed by atoms with van der Waals surface area (Å²) in [5.41, 5.74) is 0.530. The SMILES string of the molecule is CC[C@@H]1CCCCN1C(=O)CSc1nnc(-c2cccc(F)c2)o1. The van der Waals surface area contributed by atoms with Crippen LogP contribution in [0, 0.1) is 5.82 Å². The Morgan fingerprint density at radius 3 is 3.08 bits per heavy atom. The summed E-state index contributed by atoms with van der Waals surface area (Å²) in [5, 5.41) is 8.18. The van der Waals surface area contributed by atoms with Crippen LogP contribution in [0.25, 0.3) is 11.5 Å². The summed E-state index contributed by atoms with van der Waals surface area (Å²) in [6.45, 7) is 2.95. The van der Waals surface area contributed by atoms with Crippen LogP contribution < -0.4 is 0 Å². The molecule has 24 heavy (non-hydrogen) atoms. The van der Waals surface area contributed by atoms with Crippen LogP contribution in [0.3, 0.4) is 0 Å². The fraction of sp³-hybridized carbons (Fsp3) is 0.471. The Morgan fingerprint density at radius 1 is 1.42 bits per heavy atom. The molecule has 1 fully saturated rings. The molecule has 2 heterocycles. The number of aromatic nitrogens is 2. The first-order valence-corrected chi connectivity index (χ1v) is 9.17. The van der Waals surface area contributed by atoms with E-state index in [1.807, 2.05) is 4.90 Å². The molecule has 1 aromatic heterocycles. The van der Waals surface area contributed by atoms with E-state index in [4.69, 9.17) is 4.42 Å². The van der Waals surface area contributed by atoms with E-state index in [2.05, 4.69) is 17.1 Å². The lowest BCUT2D eigenvalue weighted by molar-refractivity contribution is -0.132.